The molecular formula is C28H33NO4S. The van der Waals surface area contributed by atoms with E-state index in [-0.39, 0.29) is 11.4 Å². The van der Waals surface area contributed by atoms with Gasteiger partial charge in [-0.25, -0.2) is 13.2 Å². The molecule has 1 aromatic rings. The third kappa shape index (κ3) is 3.14. The van der Waals surface area contributed by atoms with Gasteiger partial charge in [-0.2, -0.15) is 4.31 Å². The van der Waals surface area contributed by atoms with Crippen molar-refractivity contribution in [2.24, 2.45) is 5.41 Å². The highest BCUT2D eigenvalue weighted by molar-refractivity contribution is 7.89. The van der Waals surface area contributed by atoms with Crippen LogP contribution in [-0.2, 0) is 19.6 Å². The summed E-state index contributed by atoms with van der Waals surface area (Å²) in [5.74, 6) is -0.176. The maximum atomic E-state index is 13.6. The van der Waals surface area contributed by atoms with E-state index in [1.807, 2.05) is 26.0 Å². The molecule has 3 aliphatic carbocycles. The van der Waals surface area contributed by atoms with E-state index in [1.54, 1.807) is 16.4 Å². The Hall–Kier alpha value is -2.18. The van der Waals surface area contributed by atoms with Crippen LogP contribution >= 0.6 is 0 Å². The number of hydrogen-bond donors (Lipinski definition) is 0. The van der Waals surface area contributed by atoms with Gasteiger partial charge in [0.25, 0.3) is 0 Å². The van der Waals surface area contributed by atoms with Crippen LogP contribution in [0.3, 0.4) is 0 Å². The predicted octanol–water partition coefficient (Wildman–Crippen LogP) is 5.37. The van der Waals surface area contributed by atoms with Crippen LogP contribution in [0.15, 0.2) is 63.1 Å². The molecule has 2 heterocycles. The van der Waals surface area contributed by atoms with E-state index in [1.165, 1.54) is 17.6 Å². The first kappa shape index (κ1) is 22.3. The predicted molar refractivity (Wildman–Crippen MR) is 131 cm³/mol. The summed E-state index contributed by atoms with van der Waals surface area (Å²) in [5.41, 5.74) is 5.59. The number of fused-ring (bicyclic) bond motifs is 4. The quantitative estimate of drug-likeness (QED) is 0.535. The molecule has 6 rings (SSSR count). The van der Waals surface area contributed by atoms with Crippen LogP contribution in [0.4, 0.5) is 0 Å². The number of nitrogens with zero attached hydrogens (tertiary/aromatic N) is 1. The van der Waals surface area contributed by atoms with Crippen molar-refractivity contribution in [2.45, 2.75) is 82.1 Å². The van der Waals surface area contributed by atoms with Crippen LogP contribution in [0.25, 0.3) is 0 Å². The third-order valence-electron chi connectivity index (χ3n) is 8.81. The van der Waals surface area contributed by atoms with Crippen LogP contribution in [0, 0.1) is 12.3 Å². The number of hydrogen-bond acceptors (Lipinski definition) is 4. The Balaban J connectivity index is 1.53. The van der Waals surface area contributed by atoms with E-state index in [9.17, 15) is 13.2 Å². The minimum Gasteiger partial charge on any atom is -0.451 e. The van der Waals surface area contributed by atoms with E-state index >= 15 is 0 Å². The van der Waals surface area contributed by atoms with Crippen LogP contribution in [0.5, 0.6) is 0 Å². The Morgan fingerprint density at radius 3 is 2.18 bits per heavy atom. The van der Waals surface area contributed by atoms with Gasteiger partial charge in [0.2, 0.25) is 10.0 Å². The highest BCUT2D eigenvalue weighted by Gasteiger charge is 2.56. The number of esters is 1. The molecule has 5 nitrogen and oxygen atoms in total. The van der Waals surface area contributed by atoms with Crippen LogP contribution in [0.1, 0.15) is 70.3 Å². The largest absolute Gasteiger partial charge is 0.451 e. The van der Waals surface area contributed by atoms with Crippen molar-refractivity contribution in [3.05, 3.63) is 63.8 Å². The maximum absolute atomic E-state index is 13.6. The summed E-state index contributed by atoms with van der Waals surface area (Å²) < 4.78 is 35.1. The summed E-state index contributed by atoms with van der Waals surface area (Å²) in [6.07, 6.45) is 11.6. The first-order valence-electron chi connectivity index (χ1n) is 12.7. The molecule has 1 saturated heterocycles. The van der Waals surface area contributed by atoms with Crippen molar-refractivity contribution >= 4 is 16.0 Å². The van der Waals surface area contributed by atoms with Gasteiger partial charge in [-0.05, 0) is 81.2 Å². The molecule has 0 amide bonds. The molecule has 0 bridgehead atoms. The number of ether oxygens (including phenoxy) is 1. The zero-order chi connectivity index (χ0) is 23.7. The van der Waals surface area contributed by atoms with Crippen molar-refractivity contribution in [1.82, 2.24) is 4.31 Å². The minimum atomic E-state index is -3.62. The van der Waals surface area contributed by atoms with Crippen molar-refractivity contribution in [3.8, 4) is 0 Å². The maximum Gasteiger partial charge on any atom is 0.334 e. The fourth-order valence-corrected chi connectivity index (χ4v) is 8.56. The highest BCUT2D eigenvalue weighted by Crippen LogP contribution is 2.60. The lowest BCUT2D eigenvalue weighted by Crippen LogP contribution is -2.46. The Kier molecular flexibility index (Phi) is 5.02. The average Bonchev–Trinajstić information content (AvgIpc) is 3.45. The average molecular weight is 480 g/mol. The number of aryl methyl sites for hydroxylation is 1. The number of carbonyl (C=O) groups is 1. The SMILES string of the molecule is CC1=C2C(=C3CN(S(=O)(=O)c4ccc(C)cc4)CC3=CC23CCCCC3)C2(CCCC2)OC1=O. The Morgan fingerprint density at radius 2 is 1.50 bits per heavy atom. The number of carbonyl (C=O) groups excluding carboxylic acids is 1. The van der Waals surface area contributed by atoms with Gasteiger partial charge in [-0.15, -0.1) is 0 Å². The fourth-order valence-electron chi connectivity index (χ4n) is 7.17. The van der Waals surface area contributed by atoms with Crippen molar-refractivity contribution < 1.29 is 17.9 Å². The van der Waals surface area contributed by atoms with E-state index in [0.717, 1.165) is 73.6 Å². The summed E-state index contributed by atoms with van der Waals surface area (Å²) in [6, 6.07) is 7.12. The van der Waals surface area contributed by atoms with Crippen molar-refractivity contribution in [2.75, 3.05) is 13.1 Å². The van der Waals surface area contributed by atoms with Gasteiger partial charge in [0.15, 0.2) is 0 Å². The zero-order valence-electron chi connectivity index (χ0n) is 20.2. The molecule has 2 aliphatic heterocycles. The molecule has 34 heavy (non-hydrogen) atoms. The number of rotatable bonds is 2. The standard InChI is InChI=1S/C28H33NO4S/c1-19-8-10-22(11-9-19)34(31,32)29-17-21-16-27(12-4-3-5-13-27)24-20(2)26(30)33-28(14-6-7-15-28)25(24)23(21)18-29/h8-11,16H,3-7,12-15,17-18H2,1-2H3. The molecule has 2 spiro atoms. The van der Waals surface area contributed by atoms with Gasteiger partial charge in [-0.1, -0.05) is 43.0 Å². The number of sulfonamides is 1. The zero-order valence-corrected chi connectivity index (χ0v) is 21.0. The van der Waals surface area contributed by atoms with Gasteiger partial charge < -0.3 is 4.74 Å². The fraction of sp³-hybridized carbons (Fsp3) is 0.536. The first-order chi connectivity index (χ1) is 16.3. The number of allylic oxidation sites excluding steroid dienone is 1. The van der Waals surface area contributed by atoms with E-state index in [4.69, 9.17) is 4.74 Å². The molecule has 0 unspecified atom stereocenters. The van der Waals surface area contributed by atoms with E-state index in [2.05, 4.69) is 6.08 Å². The summed E-state index contributed by atoms with van der Waals surface area (Å²) in [6.45, 7) is 4.63. The van der Waals surface area contributed by atoms with E-state index < -0.39 is 15.6 Å². The van der Waals surface area contributed by atoms with Gasteiger partial charge in [0.05, 0.1) is 4.90 Å². The molecule has 5 aliphatic rings. The van der Waals surface area contributed by atoms with Gasteiger partial charge in [-0.3, -0.25) is 0 Å². The summed E-state index contributed by atoms with van der Waals surface area (Å²) in [4.78, 5) is 13.5. The third-order valence-corrected chi connectivity index (χ3v) is 10.6. The molecule has 2 saturated carbocycles. The molecule has 0 atom stereocenters. The molecule has 180 valence electrons. The van der Waals surface area contributed by atoms with Crippen LogP contribution in [-0.4, -0.2) is 37.4 Å². The van der Waals surface area contributed by atoms with Gasteiger partial charge in [0.1, 0.15) is 5.60 Å². The second-order valence-corrected chi connectivity index (χ2v) is 12.9. The monoisotopic (exact) mass is 479 g/mol. The molecule has 0 aromatic heterocycles. The molecule has 0 N–H and O–H groups in total. The Bertz CT molecular complexity index is 1250. The summed E-state index contributed by atoms with van der Waals surface area (Å²) >= 11 is 0. The van der Waals surface area contributed by atoms with Crippen molar-refractivity contribution in [3.63, 3.8) is 0 Å². The lowest BCUT2D eigenvalue weighted by molar-refractivity contribution is -0.152. The molecule has 3 fully saturated rings. The lowest BCUT2D eigenvalue weighted by Gasteiger charge is -2.49. The van der Waals surface area contributed by atoms with Crippen molar-refractivity contribution in [1.29, 1.82) is 0 Å². The van der Waals surface area contributed by atoms with Crippen LogP contribution < -0.4 is 0 Å². The molecule has 0 radical (unpaired) electrons. The normalized spacial score (nSPS) is 26.1. The first-order valence-corrected chi connectivity index (χ1v) is 14.2. The van der Waals surface area contributed by atoms with Gasteiger partial charge in [0, 0.05) is 29.7 Å². The highest BCUT2D eigenvalue weighted by atomic mass is 32.2. The molecular weight excluding hydrogens is 446 g/mol. The lowest BCUT2D eigenvalue weighted by atomic mass is 9.58. The summed E-state index contributed by atoms with van der Waals surface area (Å²) in [5, 5.41) is 0. The van der Waals surface area contributed by atoms with Crippen LogP contribution in [0.2, 0.25) is 0 Å². The second-order valence-electron chi connectivity index (χ2n) is 10.9. The Morgan fingerprint density at radius 1 is 0.853 bits per heavy atom. The minimum absolute atomic E-state index is 0.171. The summed E-state index contributed by atoms with van der Waals surface area (Å²) in [7, 11) is -3.62. The molecule has 1 aromatic carbocycles. The molecule has 6 heteroatoms. The Labute approximate surface area is 202 Å². The topological polar surface area (TPSA) is 63.7 Å². The smallest absolute Gasteiger partial charge is 0.334 e. The second kappa shape index (κ2) is 7.66. The van der Waals surface area contributed by atoms with Gasteiger partial charge >= 0.3 is 5.97 Å². The number of benzene rings is 1. The van der Waals surface area contributed by atoms with E-state index in [0.29, 0.717) is 18.0 Å².